The first kappa shape index (κ1) is 14.7. The zero-order valence-corrected chi connectivity index (χ0v) is 11.7. The first-order valence-electron chi connectivity index (χ1n) is 6.56. The molecule has 0 saturated heterocycles. The van der Waals surface area contributed by atoms with Gasteiger partial charge in [0, 0.05) is 12.2 Å². The van der Waals surface area contributed by atoms with Gasteiger partial charge in [0.05, 0.1) is 5.92 Å². The Labute approximate surface area is 110 Å². The molecule has 0 aliphatic rings. The number of benzene rings is 1. The predicted molar refractivity (Wildman–Crippen MR) is 76.5 cm³/mol. The SMILES string of the molecule is CC(C)c1ccc(NC(=O)C(CN)C(C)C)cc1. The van der Waals surface area contributed by atoms with Gasteiger partial charge in [-0.3, -0.25) is 4.79 Å². The second kappa shape index (κ2) is 6.55. The maximum atomic E-state index is 12.0. The number of hydrogen-bond donors (Lipinski definition) is 2. The summed E-state index contributed by atoms with van der Waals surface area (Å²) in [4.78, 5) is 12.0. The molecular formula is C15H24N2O. The predicted octanol–water partition coefficient (Wildman–Crippen LogP) is 2.98. The average molecular weight is 248 g/mol. The van der Waals surface area contributed by atoms with E-state index >= 15 is 0 Å². The van der Waals surface area contributed by atoms with Crippen LogP contribution < -0.4 is 11.1 Å². The fourth-order valence-electron chi connectivity index (χ4n) is 1.87. The van der Waals surface area contributed by atoms with E-state index in [4.69, 9.17) is 5.73 Å². The van der Waals surface area contributed by atoms with Gasteiger partial charge in [-0.1, -0.05) is 39.8 Å². The van der Waals surface area contributed by atoms with Crippen molar-refractivity contribution in [2.75, 3.05) is 11.9 Å². The van der Waals surface area contributed by atoms with Gasteiger partial charge in [0.25, 0.3) is 0 Å². The Kier molecular flexibility index (Phi) is 5.35. The number of nitrogens with two attached hydrogens (primary N) is 1. The van der Waals surface area contributed by atoms with Gasteiger partial charge in [0.1, 0.15) is 0 Å². The van der Waals surface area contributed by atoms with E-state index in [1.807, 2.05) is 38.1 Å². The minimum absolute atomic E-state index is 0.00444. The lowest BCUT2D eigenvalue weighted by molar-refractivity contribution is -0.120. The number of amides is 1. The maximum Gasteiger partial charge on any atom is 0.229 e. The van der Waals surface area contributed by atoms with E-state index in [9.17, 15) is 4.79 Å². The van der Waals surface area contributed by atoms with Gasteiger partial charge in [0.2, 0.25) is 5.91 Å². The lowest BCUT2D eigenvalue weighted by atomic mass is 9.95. The summed E-state index contributed by atoms with van der Waals surface area (Å²) in [6.45, 7) is 8.71. The first-order chi connectivity index (χ1) is 8.45. The van der Waals surface area contributed by atoms with Crippen LogP contribution in [0.3, 0.4) is 0 Å². The molecule has 3 heteroatoms. The van der Waals surface area contributed by atoms with Crippen molar-refractivity contribution in [1.29, 1.82) is 0 Å². The molecule has 0 aliphatic heterocycles. The molecule has 3 nitrogen and oxygen atoms in total. The van der Waals surface area contributed by atoms with Gasteiger partial charge < -0.3 is 11.1 Å². The Hall–Kier alpha value is -1.35. The van der Waals surface area contributed by atoms with E-state index in [0.29, 0.717) is 12.5 Å². The van der Waals surface area contributed by atoms with Crippen molar-refractivity contribution in [2.24, 2.45) is 17.6 Å². The first-order valence-corrected chi connectivity index (χ1v) is 6.56. The molecule has 1 aromatic rings. The third-order valence-electron chi connectivity index (χ3n) is 3.24. The normalized spacial score (nSPS) is 12.8. The highest BCUT2D eigenvalue weighted by Crippen LogP contribution is 2.18. The number of carbonyl (C=O) groups is 1. The standard InChI is InChI=1S/C15H24N2O/c1-10(2)12-5-7-13(8-6-12)17-15(18)14(9-16)11(3)4/h5-8,10-11,14H,9,16H2,1-4H3,(H,17,18). The molecule has 0 bridgehead atoms. The van der Waals surface area contributed by atoms with Gasteiger partial charge in [-0.25, -0.2) is 0 Å². The number of rotatable bonds is 5. The molecule has 1 amide bonds. The van der Waals surface area contributed by atoms with Crippen LogP contribution in [-0.4, -0.2) is 12.5 Å². The third kappa shape index (κ3) is 3.84. The number of carbonyl (C=O) groups excluding carboxylic acids is 1. The summed E-state index contributed by atoms with van der Waals surface area (Å²) in [6, 6.07) is 7.99. The van der Waals surface area contributed by atoms with Crippen LogP contribution in [0.25, 0.3) is 0 Å². The maximum absolute atomic E-state index is 12.0. The van der Waals surface area contributed by atoms with Crippen LogP contribution in [0.5, 0.6) is 0 Å². The van der Waals surface area contributed by atoms with Crippen molar-refractivity contribution in [2.45, 2.75) is 33.6 Å². The van der Waals surface area contributed by atoms with Crippen LogP contribution in [0.1, 0.15) is 39.2 Å². The highest BCUT2D eigenvalue weighted by Gasteiger charge is 2.20. The van der Waals surface area contributed by atoms with E-state index in [2.05, 4.69) is 19.2 Å². The lowest BCUT2D eigenvalue weighted by Gasteiger charge is -2.18. The summed E-state index contributed by atoms with van der Waals surface area (Å²) in [5, 5.41) is 2.92. The molecular weight excluding hydrogens is 224 g/mol. The monoisotopic (exact) mass is 248 g/mol. The Morgan fingerprint density at radius 2 is 1.72 bits per heavy atom. The van der Waals surface area contributed by atoms with E-state index in [0.717, 1.165) is 5.69 Å². The topological polar surface area (TPSA) is 55.1 Å². The minimum atomic E-state index is -0.130. The van der Waals surface area contributed by atoms with Crippen LogP contribution in [0.2, 0.25) is 0 Å². The molecule has 0 saturated carbocycles. The van der Waals surface area contributed by atoms with Crippen LogP contribution >= 0.6 is 0 Å². The Morgan fingerprint density at radius 1 is 1.17 bits per heavy atom. The Morgan fingerprint density at radius 3 is 2.11 bits per heavy atom. The van der Waals surface area contributed by atoms with E-state index < -0.39 is 0 Å². The lowest BCUT2D eigenvalue weighted by Crippen LogP contribution is -2.33. The smallest absolute Gasteiger partial charge is 0.229 e. The summed E-state index contributed by atoms with van der Waals surface area (Å²) in [6.07, 6.45) is 0. The summed E-state index contributed by atoms with van der Waals surface area (Å²) in [5.41, 5.74) is 7.74. The van der Waals surface area contributed by atoms with Crippen molar-refractivity contribution in [1.82, 2.24) is 0 Å². The van der Waals surface area contributed by atoms with Crippen LogP contribution in [-0.2, 0) is 4.79 Å². The number of hydrogen-bond acceptors (Lipinski definition) is 2. The Balaban J connectivity index is 2.70. The van der Waals surface area contributed by atoms with Crippen molar-refractivity contribution in [3.8, 4) is 0 Å². The average Bonchev–Trinajstić information content (AvgIpc) is 2.29. The van der Waals surface area contributed by atoms with Crippen LogP contribution in [0.4, 0.5) is 5.69 Å². The molecule has 1 rings (SSSR count). The molecule has 100 valence electrons. The molecule has 0 radical (unpaired) electrons. The molecule has 0 aromatic heterocycles. The van der Waals surface area contributed by atoms with Gasteiger partial charge in [-0.05, 0) is 29.5 Å². The molecule has 3 N–H and O–H groups in total. The second-order valence-corrected chi connectivity index (χ2v) is 5.35. The zero-order valence-electron chi connectivity index (χ0n) is 11.7. The van der Waals surface area contributed by atoms with Gasteiger partial charge >= 0.3 is 0 Å². The quantitative estimate of drug-likeness (QED) is 0.841. The third-order valence-corrected chi connectivity index (χ3v) is 3.24. The number of nitrogens with one attached hydrogen (secondary N) is 1. The van der Waals surface area contributed by atoms with Crippen LogP contribution in [0, 0.1) is 11.8 Å². The van der Waals surface area contributed by atoms with Crippen molar-refractivity contribution in [3.63, 3.8) is 0 Å². The highest BCUT2D eigenvalue weighted by atomic mass is 16.1. The molecule has 0 aliphatic carbocycles. The summed E-state index contributed by atoms with van der Waals surface area (Å²) in [5.74, 6) is 0.631. The largest absolute Gasteiger partial charge is 0.330 e. The molecule has 0 heterocycles. The summed E-state index contributed by atoms with van der Waals surface area (Å²) >= 11 is 0. The van der Waals surface area contributed by atoms with E-state index in [-0.39, 0.29) is 17.7 Å². The van der Waals surface area contributed by atoms with Gasteiger partial charge in [-0.2, -0.15) is 0 Å². The summed E-state index contributed by atoms with van der Waals surface area (Å²) in [7, 11) is 0. The Bertz CT molecular complexity index is 382. The molecule has 0 spiro atoms. The van der Waals surface area contributed by atoms with Crippen molar-refractivity contribution < 1.29 is 4.79 Å². The number of anilines is 1. The summed E-state index contributed by atoms with van der Waals surface area (Å²) < 4.78 is 0. The van der Waals surface area contributed by atoms with E-state index in [1.54, 1.807) is 0 Å². The molecule has 18 heavy (non-hydrogen) atoms. The van der Waals surface area contributed by atoms with Crippen molar-refractivity contribution >= 4 is 11.6 Å². The van der Waals surface area contributed by atoms with Gasteiger partial charge in [0.15, 0.2) is 0 Å². The second-order valence-electron chi connectivity index (χ2n) is 5.35. The fraction of sp³-hybridized carbons (Fsp3) is 0.533. The molecule has 0 fully saturated rings. The zero-order chi connectivity index (χ0) is 13.7. The highest BCUT2D eigenvalue weighted by molar-refractivity contribution is 5.92. The minimum Gasteiger partial charge on any atom is -0.330 e. The fourth-order valence-corrected chi connectivity index (χ4v) is 1.87. The van der Waals surface area contributed by atoms with Crippen molar-refractivity contribution in [3.05, 3.63) is 29.8 Å². The molecule has 1 unspecified atom stereocenters. The van der Waals surface area contributed by atoms with E-state index in [1.165, 1.54) is 5.56 Å². The van der Waals surface area contributed by atoms with Gasteiger partial charge in [-0.15, -0.1) is 0 Å². The van der Waals surface area contributed by atoms with Crippen LogP contribution in [0.15, 0.2) is 24.3 Å². The molecule has 1 aromatic carbocycles. The molecule has 1 atom stereocenters.